The van der Waals surface area contributed by atoms with E-state index >= 15 is 0 Å². The molecule has 0 aliphatic carbocycles. The van der Waals surface area contributed by atoms with Crippen molar-refractivity contribution in [3.05, 3.63) is 47.1 Å². The summed E-state index contributed by atoms with van der Waals surface area (Å²) in [6.45, 7) is 0. The summed E-state index contributed by atoms with van der Waals surface area (Å²) >= 11 is 7.56. The molecule has 0 fully saturated rings. The molecule has 1 aromatic heterocycles. The summed E-state index contributed by atoms with van der Waals surface area (Å²) in [6, 6.07) is 10.1. The van der Waals surface area contributed by atoms with Crippen molar-refractivity contribution in [1.29, 1.82) is 0 Å². The van der Waals surface area contributed by atoms with Crippen LogP contribution in [0.5, 0.6) is 0 Å². The molecule has 88 valence electrons. The van der Waals surface area contributed by atoms with E-state index < -0.39 is 0 Å². The van der Waals surface area contributed by atoms with Gasteiger partial charge < -0.3 is 0 Å². The normalized spacial score (nSPS) is 10.2. The van der Waals surface area contributed by atoms with Gasteiger partial charge in [0.05, 0.1) is 11.2 Å². The molecule has 0 bridgehead atoms. The van der Waals surface area contributed by atoms with E-state index in [0.29, 0.717) is 11.0 Å². The number of halogens is 1. The fourth-order valence-corrected chi connectivity index (χ4v) is 2.34. The van der Waals surface area contributed by atoms with Gasteiger partial charge in [-0.15, -0.1) is 0 Å². The van der Waals surface area contributed by atoms with Gasteiger partial charge in [-0.1, -0.05) is 53.7 Å². The number of anilines is 1. The average Bonchev–Trinajstić information content (AvgIpc) is 2.39. The van der Waals surface area contributed by atoms with E-state index in [1.165, 1.54) is 11.8 Å². The van der Waals surface area contributed by atoms with Crippen molar-refractivity contribution in [2.75, 3.05) is 5.43 Å². The van der Waals surface area contributed by atoms with Crippen molar-refractivity contribution in [3.63, 3.8) is 0 Å². The number of rotatable bonds is 4. The maximum Gasteiger partial charge on any atom is 0.238 e. The zero-order valence-electron chi connectivity index (χ0n) is 8.93. The van der Waals surface area contributed by atoms with Gasteiger partial charge in [-0.2, -0.15) is 0 Å². The Bertz CT molecular complexity index is 492. The smallest absolute Gasteiger partial charge is 0.238 e. The maximum absolute atomic E-state index is 6.00. The lowest BCUT2D eigenvalue weighted by Crippen LogP contribution is -2.10. The highest BCUT2D eigenvalue weighted by atomic mass is 35.5. The summed E-state index contributed by atoms with van der Waals surface area (Å²) < 4.78 is 0. The van der Waals surface area contributed by atoms with Gasteiger partial charge in [-0.3, -0.25) is 5.43 Å². The number of aromatic nitrogens is 2. The molecule has 3 N–H and O–H groups in total. The molecule has 2 aromatic rings. The summed E-state index contributed by atoms with van der Waals surface area (Å²) in [5.74, 6) is 6.42. The number of benzene rings is 1. The molecule has 4 nitrogen and oxygen atoms in total. The van der Waals surface area contributed by atoms with Gasteiger partial charge in [0.15, 0.2) is 0 Å². The molecule has 0 saturated heterocycles. The second-order valence-electron chi connectivity index (χ2n) is 3.27. The van der Waals surface area contributed by atoms with Crippen LogP contribution in [-0.4, -0.2) is 9.97 Å². The Hall–Kier alpha value is -1.30. The Kier molecular flexibility index (Phi) is 4.19. The van der Waals surface area contributed by atoms with Crippen LogP contribution < -0.4 is 11.3 Å². The average molecular weight is 267 g/mol. The van der Waals surface area contributed by atoms with Crippen molar-refractivity contribution in [2.45, 2.75) is 10.8 Å². The highest BCUT2D eigenvalue weighted by molar-refractivity contribution is 7.98. The molecule has 0 amide bonds. The van der Waals surface area contributed by atoms with Gasteiger partial charge in [0.2, 0.25) is 5.95 Å². The molecule has 17 heavy (non-hydrogen) atoms. The van der Waals surface area contributed by atoms with Crippen LogP contribution in [0, 0.1) is 0 Å². The monoisotopic (exact) mass is 266 g/mol. The predicted octanol–water partition coefficient (Wildman–Crippen LogP) is 2.71. The SMILES string of the molecule is NNc1ncc(Cl)c(SCc2ccccc2)n1. The summed E-state index contributed by atoms with van der Waals surface area (Å²) in [7, 11) is 0. The fourth-order valence-electron chi connectivity index (χ4n) is 1.25. The first-order valence-electron chi connectivity index (χ1n) is 4.95. The molecule has 0 aliphatic rings. The Morgan fingerprint density at radius 2 is 2.06 bits per heavy atom. The number of nitrogens with one attached hydrogen (secondary N) is 1. The molecule has 6 heteroatoms. The van der Waals surface area contributed by atoms with Crippen molar-refractivity contribution in [1.82, 2.24) is 9.97 Å². The Balaban J connectivity index is 2.08. The number of nitrogens with two attached hydrogens (primary N) is 1. The topological polar surface area (TPSA) is 63.8 Å². The summed E-state index contributed by atoms with van der Waals surface area (Å²) in [4.78, 5) is 8.11. The number of nitrogens with zero attached hydrogens (tertiary/aromatic N) is 2. The Labute approximate surface area is 109 Å². The van der Waals surface area contributed by atoms with Crippen LogP contribution in [-0.2, 0) is 5.75 Å². The molecule has 1 heterocycles. The summed E-state index contributed by atoms with van der Waals surface area (Å²) in [5, 5.41) is 1.25. The molecule has 1 aromatic carbocycles. The Morgan fingerprint density at radius 1 is 1.29 bits per heavy atom. The third kappa shape index (κ3) is 3.33. The molecular weight excluding hydrogens is 256 g/mol. The zero-order chi connectivity index (χ0) is 12.1. The van der Waals surface area contributed by atoms with Crippen LogP contribution in [0.2, 0.25) is 5.02 Å². The minimum absolute atomic E-state index is 0.366. The molecule has 2 rings (SSSR count). The Morgan fingerprint density at radius 3 is 2.76 bits per heavy atom. The van der Waals surface area contributed by atoms with Crippen LogP contribution in [0.4, 0.5) is 5.95 Å². The highest BCUT2D eigenvalue weighted by Crippen LogP contribution is 2.27. The van der Waals surface area contributed by atoms with Gasteiger partial charge in [0.25, 0.3) is 0 Å². The van der Waals surface area contributed by atoms with E-state index in [-0.39, 0.29) is 0 Å². The standard InChI is InChI=1S/C11H11ClN4S/c12-9-6-14-11(16-13)15-10(9)17-7-8-4-2-1-3-5-8/h1-6H,7,13H2,(H,14,15,16). The maximum atomic E-state index is 6.00. The van der Waals surface area contributed by atoms with Gasteiger partial charge in [0.1, 0.15) is 5.03 Å². The molecule has 0 saturated carbocycles. The van der Waals surface area contributed by atoms with Gasteiger partial charge in [-0.05, 0) is 5.56 Å². The number of nitrogen functional groups attached to an aromatic ring is 1. The second kappa shape index (κ2) is 5.86. The van der Waals surface area contributed by atoms with E-state index in [0.717, 1.165) is 10.8 Å². The van der Waals surface area contributed by atoms with Gasteiger partial charge in [-0.25, -0.2) is 15.8 Å². The van der Waals surface area contributed by atoms with E-state index in [9.17, 15) is 0 Å². The van der Waals surface area contributed by atoms with Crippen molar-refractivity contribution < 1.29 is 0 Å². The van der Waals surface area contributed by atoms with Crippen molar-refractivity contribution in [2.24, 2.45) is 5.84 Å². The first-order chi connectivity index (χ1) is 8.29. The summed E-state index contributed by atoms with van der Waals surface area (Å²) in [6.07, 6.45) is 1.54. The van der Waals surface area contributed by atoms with Crippen molar-refractivity contribution in [3.8, 4) is 0 Å². The lowest BCUT2D eigenvalue weighted by atomic mass is 10.2. The largest absolute Gasteiger partial charge is 0.292 e. The number of hydrogen-bond acceptors (Lipinski definition) is 5. The predicted molar refractivity (Wildman–Crippen MR) is 70.9 cm³/mol. The quantitative estimate of drug-likeness (QED) is 0.386. The van der Waals surface area contributed by atoms with E-state index in [1.807, 2.05) is 18.2 Å². The second-order valence-corrected chi connectivity index (χ2v) is 4.64. The highest BCUT2D eigenvalue weighted by Gasteiger charge is 2.05. The van der Waals surface area contributed by atoms with Crippen molar-refractivity contribution >= 4 is 29.3 Å². The number of hydrazine groups is 1. The van der Waals surface area contributed by atoms with E-state index in [2.05, 4.69) is 27.5 Å². The molecule has 0 atom stereocenters. The minimum Gasteiger partial charge on any atom is -0.292 e. The van der Waals surface area contributed by atoms with Crippen LogP contribution in [0.15, 0.2) is 41.6 Å². The fraction of sp³-hybridized carbons (Fsp3) is 0.0909. The first kappa shape index (κ1) is 12.2. The van der Waals surface area contributed by atoms with Crippen LogP contribution >= 0.6 is 23.4 Å². The molecule has 0 unspecified atom stereocenters. The van der Waals surface area contributed by atoms with Crippen LogP contribution in [0.3, 0.4) is 0 Å². The summed E-state index contributed by atoms with van der Waals surface area (Å²) in [5.41, 5.74) is 3.62. The van der Waals surface area contributed by atoms with Crippen LogP contribution in [0.25, 0.3) is 0 Å². The number of hydrogen-bond donors (Lipinski definition) is 2. The molecular formula is C11H11ClN4S. The molecule has 0 aliphatic heterocycles. The third-order valence-electron chi connectivity index (χ3n) is 2.06. The lowest BCUT2D eigenvalue weighted by Gasteiger charge is -2.05. The first-order valence-corrected chi connectivity index (χ1v) is 6.32. The van der Waals surface area contributed by atoms with Gasteiger partial charge in [0, 0.05) is 5.75 Å². The van der Waals surface area contributed by atoms with Crippen LogP contribution in [0.1, 0.15) is 5.56 Å². The minimum atomic E-state index is 0.366. The number of thioether (sulfide) groups is 1. The van der Waals surface area contributed by atoms with Gasteiger partial charge >= 0.3 is 0 Å². The molecule has 0 spiro atoms. The van der Waals surface area contributed by atoms with E-state index in [1.54, 1.807) is 11.8 Å². The third-order valence-corrected chi connectivity index (χ3v) is 3.51. The molecule has 0 radical (unpaired) electrons. The zero-order valence-corrected chi connectivity index (χ0v) is 10.5. The lowest BCUT2D eigenvalue weighted by molar-refractivity contribution is 1.03. The van der Waals surface area contributed by atoms with E-state index in [4.69, 9.17) is 17.4 Å².